The number of ether oxygens (including phenoxy) is 1. The van der Waals surface area contributed by atoms with E-state index in [9.17, 15) is 9.59 Å². The Morgan fingerprint density at radius 2 is 2.11 bits per heavy atom. The van der Waals surface area contributed by atoms with E-state index >= 15 is 0 Å². The first kappa shape index (κ1) is 15.1. The fraction of sp³-hybridized carbons (Fsp3) is 0.636. The van der Waals surface area contributed by atoms with Crippen molar-refractivity contribution in [2.24, 2.45) is 5.73 Å². The summed E-state index contributed by atoms with van der Waals surface area (Å²) in [7, 11) is 3.36. The van der Waals surface area contributed by atoms with Crippen LogP contribution in [0.25, 0.3) is 0 Å². The summed E-state index contributed by atoms with van der Waals surface area (Å²) in [6.45, 7) is 2.41. The van der Waals surface area contributed by atoms with Crippen molar-refractivity contribution in [3.05, 3.63) is 11.4 Å². The maximum Gasteiger partial charge on any atom is 0.360 e. The molecule has 0 saturated heterocycles. The van der Waals surface area contributed by atoms with Gasteiger partial charge in [-0.15, -0.1) is 5.10 Å². The van der Waals surface area contributed by atoms with Gasteiger partial charge in [0.25, 0.3) is 0 Å². The SMILES string of the molecule is CCOC(=O)c1nnn(CCC(=O)N(C)C)c1CN. The summed E-state index contributed by atoms with van der Waals surface area (Å²) >= 11 is 0. The molecule has 1 rings (SSSR count). The Kier molecular flexibility index (Phi) is 5.43. The van der Waals surface area contributed by atoms with Crippen molar-refractivity contribution in [3.8, 4) is 0 Å². The van der Waals surface area contributed by atoms with Gasteiger partial charge in [0, 0.05) is 27.1 Å². The highest BCUT2D eigenvalue weighted by Gasteiger charge is 2.20. The average molecular weight is 269 g/mol. The second-order valence-electron chi connectivity index (χ2n) is 4.07. The molecule has 0 saturated carbocycles. The molecule has 0 bridgehead atoms. The topological polar surface area (TPSA) is 103 Å². The molecule has 0 aromatic carbocycles. The number of aryl methyl sites for hydroxylation is 1. The molecule has 19 heavy (non-hydrogen) atoms. The number of aromatic nitrogens is 3. The van der Waals surface area contributed by atoms with Gasteiger partial charge in [-0.25, -0.2) is 9.48 Å². The van der Waals surface area contributed by atoms with Crippen LogP contribution in [0.4, 0.5) is 0 Å². The summed E-state index contributed by atoms with van der Waals surface area (Å²) in [5, 5.41) is 7.60. The Bertz CT molecular complexity index is 455. The van der Waals surface area contributed by atoms with E-state index in [0.717, 1.165) is 0 Å². The number of rotatable bonds is 6. The third-order valence-corrected chi connectivity index (χ3v) is 2.54. The Morgan fingerprint density at radius 3 is 2.63 bits per heavy atom. The highest BCUT2D eigenvalue weighted by atomic mass is 16.5. The number of carbonyl (C=O) groups is 2. The van der Waals surface area contributed by atoms with Gasteiger partial charge in [0.05, 0.1) is 18.8 Å². The van der Waals surface area contributed by atoms with Crippen LogP contribution < -0.4 is 5.73 Å². The molecule has 0 unspecified atom stereocenters. The monoisotopic (exact) mass is 269 g/mol. The predicted octanol–water partition coefficient (Wildman–Crippen LogP) is -0.608. The van der Waals surface area contributed by atoms with Crippen LogP contribution in [0.1, 0.15) is 29.5 Å². The molecule has 1 aromatic rings. The van der Waals surface area contributed by atoms with Crippen LogP contribution in [-0.2, 0) is 22.6 Å². The zero-order valence-electron chi connectivity index (χ0n) is 11.4. The van der Waals surface area contributed by atoms with Crippen LogP contribution >= 0.6 is 0 Å². The third-order valence-electron chi connectivity index (χ3n) is 2.54. The quantitative estimate of drug-likeness (QED) is 0.691. The van der Waals surface area contributed by atoms with Crippen LogP contribution in [0.3, 0.4) is 0 Å². The number of amides is 1. The van der Waals surface area contributed by atoms with Crippen LogP contribution in [0.2, 0.25) is 0 Å². The summed E-state index contributed by atoms with van der Waals surface area (Å²) in [5.74, 6) is -0.579. The minimum Gasteiger partial charge on any atom is -0.461 e. The van der Waals surface area contributed by atoms with Crippen molar-refractivity contribution >= 4 is 11.9 Å². The third kappa shape index (κ3) is 3.75. The first-order chi connectivity index (χ1) is 9.01. The van der Waals surface area contributed by atoms with Gasteiger partial charge in [0.15, 0.2) is 5.69 Å². The molecule has 1 amide bonds. The van der Waals surface area contributed by atoms with E-state index in [1.54, 1.807) is 21.0 Å². The second-order valence-corrected chi connectivity index (χ2v) is 4.07. The van der Waals surface area contributed by atoms with Gasteiger partial charge in [0.2, 0.25) is 5.91 Å². The number of hydrogen-bond acceptors (Lipinski definition) is 6. The molecule has 1 heterocycles. The van der Waals surface area contributed by atoms with Crippen LogP contribution in [0.5, 0.6) is 0 Å². The van der Waals surface area contributed by atoms with Crippen molar-refractivity contribution in [1.82, 2.24) is 19.9 Å². The van der Waals surface area contributed by atoms with E-state index in [4.69, 9.17) is 10.5 Å². The zero-order valence-corrected chi connectivity index (χ0v) is 11.4. The normalized spacial score (nSPS) is 10.3. The lowest BCUT2D eigenvalue weighted by Crippen LogP contribution is -2.24. The Morgan fingerprint density at radius 1 is 1.42 bits per heavy atom. The molecule has 8 heteroatoms. The fourth-order valence-corrected chi connectivity index (χ4v) is 1.50. The number of hydrogen-bond donors (Lipinski definition) is 1. The zero-order chi connectivity index (χ0) is 14.4. The summed E-state index contributed by atoms with van der Waals surface area (Å²) in [6, 6.07) is 0. The van der Waals surface area contributed by atoms with Gasteiger partial charge in [-0.2, -0.15) is 0 Å². The highest BCUT2D eigenvalue weighted by Crippen LogP contribution is 2.07. The molecule has 0 aliphatic rings. The maximum atomic E-state index is 11.6. The Hall–Kier alpha value is -1.96. The summed E-state index contributed by atoms with van der Waals surface area (Å²) in [5.41, 5.74) is 6.18. The lowest BCUT2D eigenvalue weighted by molar-refractivity contribution is -0.128. The van der Waals surface area contributed by atoms with Crippen LogP contribution in [0.15, 0.2) is 0 Å². The minimum absolute atomic E-state index is 0.0313. The van der Waals surface area contributed by atoms with E-state index in [1.807, 2.05) is 0 Å². The molecule has 0 aliphatic carbocycles. The van der Waals surface area contributed by atoms with Crippen molar-refractivity contribution in [2.75, 3.05) is 20.7 Å². The van der Waals surface area contributed by atoms with Crippen molar-refractivity contribution < 1.29 is 14.3 Å². The molecular formula is C11H19N5O3. The first-order valence-electron chi connectivity index (χ1n) is 6.00. The van der Waals surface area contributed by atoms with E-state index in [1.165, 1.54) is 9.58 Å². The molecule has 0 fully saturated rings. The molecule has 0 radical (unpaired) electrons. The van der Waals surface area contributed by atoms with Crippen molar-refractivity contribution in [3.63, 3.8) is 0 Å². The predicted molar refractivity (Wildman–Crippen MR) is 67.2 cm³/mol. The molecule has 2 N–H and O–H groups in total. The van der Waals surface area contributed by atoms with Gasteiger partial charge in [-0.1, -0.05) is 5.21 Å². The summed E-state index contributed by atoms with van der Waals surface area (Å²) in [4.78, 5) is 24.6. The van der Waals surface area contributed by atoms with Gasteiger partial charge < -0.3 is 15.4 Å². The largest absolute Gasteiger partial charge is 0.461 e. The fourth-order valence-electron chi connectivity index (χ4n) is 1.50. The van der Waals surface area contributed by atoms with Crippen LogP contribution in [0, 0.1) is 0 Å². The molecule has 0 atom stereocenters. The lowest BCUT2D eigenvalue weighted by atomic mass is 10.3. The summed E-state index contributed by atoms with van der Waals surface area (Å²) < 4.78 is 6.33. The van der Waals surface area contributed by atoms with E-state index in [2.05, 4.69) is 10.3 Å². The van der Waals surface area contributed by atoms with Gasteiger partial charge in [-0.05, 0) is 6.92 Å². The standard InChI is InChI=1S/C11H19N5O3/c1-4-19-11(18)10-8(7-12)16(14-13-10)6-5-9(17)15(2)3/h4-7,12H2,1-3H3. The molecule has 0 aliphatic heterocycles. The first-order valence-corrected chi connectivity index (χ1v) is 6.00. The minimum atomic E-state index is -0.548. The second kappa shape index (κ2) is 6.83. The number of nitrogens with zero attached hydrogens (tertiary/aromatic N) is 4. The maximum absolute atomic E-state index is 11.6. The van der Waals surface area contributed by atoms with Gasteiger partial charge in [-0.3, -0.25) is 4.79 Å². The molecule has 106 valence electrons. The number of carbonyl (C=O) groups excluding carboxylic acids is 2. The van der Waals surface area contributed by atoms with E-state index < -0.39 is 5.97 Å². The number of nitrogens with two attached hydrogens (primary N) is 1. The van der Waals surface area contributed by atoms with E-state index in [-0.39, 0.29) is 31.2 Å². The van der Waals surface area contributed by atoms with E-state index in [0.29, 0.717) is 12.2 Å². The Labute approximate surface area is 111 Å². The smallest absolute Gasteiger partial charge is 0.360 e. The average Bonchev–Trinajstić information content (AvgIpc) is 2.78. The van der Waals surface area contributed by atoms with Crippen molar-refractivity contribution in [2.45, 2.75) is 26.4 Å². The van der Waals surface area contributed by atoms with Crippen LogP contribution in [-0.4, -0.2) is 52.5 Å². The molecule has 1 aromatic heterocycles. The summed E-state index contributed by atoms with van der Waals surface area (Å²) in [6.07, 6.45) is 0.269. The Balaban J connectivity index is 2.80. The number of esters is 1. The van der Waals surface area contributed by atoms with Crippen molar-refractivity contribution in [1.29, 1.82) is 0 Å². The molecule has 8 nitrogen and oxygen atoms in total. The molecular weight excluding hydrogens is 250 g/mol. The van der Waals surface area contributed by atoms with Gasteiger partial charge >= 0.3 is 5.97 Å². The lowest BCUT2D eigenvalue weighted by Gasteiger charge is -2.10. The van der Waals surface area contributed by atoms with Gasteiger partial charge in [0.1, 0.15) is 0 Å². The molecule has 0 spiro atoms. The highest BCUT2D eigenvalue weighted by molar-refractivity contribution is 5.88.